The third-order valence-corrected chi connectivity index (χ3v) is 2.56. The van der Waals surface area contributed by atoms with Crippen LogP contribution in [0.3, 0.4) is 0 Å². The summed E-state index contributed by atoms with van der Waals surface area (Å²) in [5, 5.41) is 0.637. The van der Waals surface area contributed by atoms with Crippen LogP contribution >= 0.6 is 11.6 Å². The van der Waals surface area contributed by atoms with Crippen LogP contribution in [0.4, 0.5) is 4.79 Å². The van der Waals surface area contributed by atoms with E-state index in [1.807, 2.05) is 0 Å². The lowest BCUT2D eigenvalue weighted by atomic mass is 10.1. The summed E-state index contributed by atoms with van der Waals surface area (Å²) in [7, 11) is 0. The van der Waals surface area contributed by atoms with Crippen LogP contribution in [0.15, 0.2) is 43.5 Å². The van der Waals surface area contributed by atoms with Crippen LogP contribution in [-0.2, 0) is 4.74 Å². The molecule has 0 radical (unpaired) electrons. The summed E-state index contributed by atoms with van der Waals surface area (Å²) in [6, 6.07) is 7.11. The number of carbonyl (C=O) groups is 1. The quantitative estimate of drug-likeness (QED) is 0.755. The molecule has 1 aromatic carbocycles. The third-order valence-electron chi connectivity index (χ3n) is 2.30. The predicted molar refractivity (Wildman–Crippen MR) is 74.4 cm³/mol. The summed E-state index contributed by atoms with van der Waals surface area (Å²) in [5.41, 5.74) is 1.37. The van der Waals surface area contributed by atoms with Crippen LogP contribution in [0.25, 0.3) is 5.70 Å². The lowest BCUT2D eigenvalue weighted by Crippen LogP contribution is -2.30. The molecule has 0 heterocycles. The monoisotopic (exact) mass is 265 g/mol. The summed E-state index contributed by atoms with van der Waals surface area (Å²) < 4.78 is 4.98. The van der Waals surface area contributed by atoms with Crippen LogP contribution in [-0.4, -0.2) is 24.1 Å². The van der Waals surface area contributed by atoms with Gasteiger partial charge in [0.1, 0.15) is 0 Å². The molecule has 0 unspecified atom stereocenters. The molecule has 0 aliphatic carbocycles. The van der Waals surface area contributed by atoms with Gasteiger partial charge in [-0.3, -0.25) is 4.90 Å². The number of nitrogens with zero attached hydrogens (tertiary/aromatic N) is 1. The standard InChI is InChI=1S/C14H16ClNO2/c1-4-10-16(14(17)18-5-2)11(3)12-6-8-13(15)9-7-12/h4,6-9H,1,3,5,10H2,2H3. The molecule has 0 aliphatic heterocycles. The lowest BCUT2D eigenvalue weighted by molar-refractivity contribution is 0.128. The fourth-order valence-corrected chi connectivity index (χ4v) is 1.55. The second kappa shape index (κ2) is 6.87. The average molecular weight is 266 g/mol. The van der Waals surface area contributed by atoms with Gasteiger partial charge in [0.05, 0.1) is 6.61 Å². The van der Waals surface area contributed by atoms with Gasteiger partial charge in [0.2, 0.25) is 0 Å². The van der Waals surface area contributed by atoms with E-state index in [-0.39, 0.29) is 0 Å². The zero-order valence-electron chi connectivity index (χ0n) is 10.4. The Morgan fingerprint density at radius 3 is 2.56 bits per heavy atom. The van der Waals surface area contributed by atoms with Crippen LogP contribution in [0.5, 0.6) is 0 Å². The highest BCUT2D eigenvalue weighted by Crippen LogP contribution is 2.20. The summed E-state index contributed by atoms with van der Waals surface area (Å²) in [6.07, 6.45) is 1.19. The van der Waals surface area contributed by atoms with Gasteiger partial charge in [-0.05, 0) is 24.6 Å². The Morgan fingerprint density at radius 2 is 2.06 bits per heavy atom. The normalized spacial score (nSPS) is 9.67. The minimum absolute atomic E-state index is 0.320. The van der Waals surface area contributed by atoms with E-state index in [2.05, 4.69) is 13.2 Å². The molecule has 0 spiro atoms. The first-order valence-corrected chi connectivity index (χ1v) is 5.98. The van der Waals surface area contributed by atoms with Crippen molar-refractivity contribution in [1.29, 1.82) is 0 Å². The SMILES string of the molecule is C=CCN(C(=C)c1ccc(Cl)cc1)C(=O)OCC. The molecule has 1 amide bonds. The van der Waals surface area contributed by atoms with E-state index in [0.29, 0.717) is 23.9 Å². The highest BCUT2D eigenvalue weighted by molar-refractivity contribution is 6.30. The van der Waals surface area contributed by atoms with Crippen LogP contribution in [0, 0.1) is 0 Å². The molecule has 0 atom stereocenters. The zero-order chi connectivity index (χ0) is 13.5. The van der Waals surface area contributed by atoms with Crippen molar-refractivity contribution in [1.82, 2.24) is 4.90 Å². The molecule has 0 N–H and O–H groups in total. The van der Waals surface area contributed by atoms with Gasteiger partial charge in [-0.25, -0.2) is 4.79 Å². The highest BCUT2D eigenvalue weighted by atomic mass is 35.5. The molecule has 0 aliphatic rings. The molecule has 0 aromatic heterocycles. The summed E-state index contributed by atoms with van der Waals surface area (Å²) in [5.74, 6) is 0. The van der Waals surface area contributed by atoms with Crippen molar-refractivity contribution in [2.45, 2.75) is 6.92 Å². The van der Waals surface area contributed by atoms with Crippen molar-refractivity contribution in [3.8, 4) is 0 Å². The van der Waals surface area contributed by atoms with E-state index in [9.17, 15) is 4.79 Å². The van der Waals surface area contributed by atoms with E-state index in [1.54, 1.807) is 37.3 Å². The summed E-state index contributed by atoms with van der Waals surface area (Å²) in [6.45, 7) is 9.96. The van der Waals surface area contributed by atoms with Gasteiger partial charge < -0.3 is 4.74 Å². The number of hydrogen-bond acceptors (Lipinski definition) is 2. The van der Waals surface area contributed by atoms with E-state index in [4.69, 9.17) is 16.3 Å². The molecule has 3 nitrogen and oxygen atoms in total. The Labute approximate surface area is 112 Å². The average Bonchev–Trinajstić information content (AvgIpc) is 2.36. The molecule has 4 heteroatoms. The van der Waals surface area contributed by atoms with Crippen LogP contribution in [0.2, 0.25) is 5.02 Å². The van der Waals surface area contributed by atoms with Crippen molar-refractivity contribution in [3.05, 3.63) is 54.1 Å². The van der Waals surface area contributed by atoms with Crippen molar-refractivity contribution in [3.63, 3.8) is 0 Å². The fraction of sp³-hybridized carbons (Fsp3) is 0.214. The van der Waals surface area contributed by atoms with Crippen molar-refractivity contribution in [2.75, 3.05) is 13.2 Å². The molecule has 1 rings (SSSR count). The first-order chi connectivity index (χ1) is 8.60. The topological polar surface area (TPSA) is 29.5 Å². The number of ether oxygens (including phenoxy) is 1. The van der Waals surface area contributed by atoms with E-state index < -0.39 is 6.09 Å². The second-order valence-electron chi connectivity index (χ2n) is 3.55. The first-order valence-electron chi connectivity index (χ1n) is 5.60. The number of hydrogen-bond donors (Lipinski definition) is 0. The van der Waals surface area contributed by atoms with Gasteiger partial charge in [-0.15, -0.1) is 6.58 Å². The Bertz CT molecular complexity index is 440. The lowest BCUT2D eigenvalue weighted by Gasteiger charge is -2.22. The van der Waals surface area contributed by atoms with Crippen molar-refractivity contribution in [2.24, 2.45) is 0 Å². The molecular formula is C14H16ClNO2. The number of rotatable bonds is 5. The van der Waals surface area contributed by atoms with Gasteiger partial charge >= 0.3 is 6.09 Å². The largest absolute Gasteiger partial charge is 0.449 e. The minimum atomic E-state index is -0.433. The van der Waals surface area contributed by atoms with E-state index >= 15 is 0 Å². The maximum absolute atomic E-state index is 11.8. The number of carbonyl (C=O) groups excluding carboxylic acids is 1. The number of amides is 1. The molecule has 18 heavy (non-hydrogen) atoms. The molecular weight excluding hydrogens is 250 g/mol. The van der Waals surface area contributed by atoms with E-state index in [0.717, 1.165) is 5.56 Å². The van der Waals surface area contributed by atoms with Gasteiger partial charge in [0, 0.05) is 17.3 Å². The summed E-state index contributed by atoms with van der Waals surface area (Å²) >= 11 is 5.82. The summed E-state index contributed by atoms with van der Waals surface area (Å²) in [4.78, 5) is 13.2. The van der Waals surface area contributed by atoms with Crippen LogP contribution in [0.1, 0.15) is 12.5 Å². The molecule has 0 bridgehead atoms. The Morgan fingerprint density at radius 1 is 1.44 bits per heavy atom. The maximum atomic E-state index is 11.8. The number of halogens is 1. The van der Waals surface area contributed by atoms with Gasteiger partial charge in [0.25, 0.3) is 0 Å². The first kappa shape index (κ1) is 14.3. The molecule has 96 valence electrons. The Kier molecular flexibility index (Phi) is 5.46. The van der Waals surface area contributed by atoms with E-state index in [1.165, 1.54) is 4.90 Å². The second-order valence-corrected chi connectivity index (χ2v) is 3.99. The number of benzene rings is 1. The molecule has 0 saturated heterocycles. The highest BCUT2D eigenvalue weighted by Gasteiger charge is 2.17. The minimum Gasteiger partial charge on any atom is -0.449 e. The molecule has 1 aromatic rings. The molecule has 0 saturated carbocycles. The Hall–Kier alpha value is -1.74. The maximum Gasteiger partial charge on any atom is 0.414 e. The fourth-order valence-electron chi connectivity index (χ4n) is 1.42. The Balaban J connectivity index is 2.91. The van der Waals surface area contributed by atoms with Crippen LogP contribution < -0.4 is 0 Å². The van der Waals surface area contributed by atoms with Crippen molar-refractivity contribution >= 4 is 23.4 Å². The zero-order valence-corrected chi connectivity index (χ0v) is 11.1. The van der Waals surface area contributed by atoms with Crippen molar-refractivity contribution < 1.29 is 9.53 Å². The smallest absolute Gasteiger partial charge is 0.414 e. The van der Waals surface area contributed by atoms with Gasteiger partial charge in [-0.2, -0.15) is 0 Å². The molecule has 0 fully saturated rings. The third kappa shape index (κ3) is 3.64. The van der Waals surface area contributed by atoms with Gasteiger partial charge in [0.15, 0.2) is 0 Å². The van der Waals surface area contributed by atoms with Gasteiger partial charge in [-0.1, -0.05) is 36.4 Å². The predicted octanol–water partition coefficient (Wildman–Crippen LogP) is 3.96.